The van der Waals surface area contributed by atoms with Crippen molar-refractivity contribution in [1.29, 1.82) is 5.26 Å². The molecule has 20 heavy (non-hydrogen) atoms. The number of urea groups is 1. The minimum absolute atomic E-state index is 0.148. The molecule has 1 rings (SSSR count). The van der Waals surface area contributed by atoms with Crippen molar-refractivity contribution in [2.75, 3.05) is 19.0 Å². The van der Waals surface area contributed by atoms with Crippen molar-refractivity contribution in [2.24, 2.45) is 0 Å². The lowest BCUT2D eigenvalue weighted by atomic mass is 9.86. The SMILES string of the molecule is C=C(C)N(C(=O)N(C)C)c1ccc(C(C)(C)C#N)cc1. The Hall–Kier alpha value is -2.28. The average Bonchev–Trinajstić information content (AvgIpc) is 2.39. The summed E-state index contributed by atoms with van der Waals surface area (Å²) in [5.74, 6) is 0. The minimum atomic E-state index is -0.544. The molecule has 106 valence electrons. The van der Waals surface area contributed by atoms with E-state index in [-0.39, 0.29) is 6.03 Å². The molecule has 0 aromatic heterocycles. The van der Waals surface area contributed by atoms with E-state index in [4.69, 9.17) is 5.26 Å². The number of benzene rings is 1. The van der Waals surface area contributed by atoms with E-state index in [9.17, 15) is 4.79 Å². The van der Waals surface area contributed by atoms with Gasteiger partial charge < -0.3 is 4.90 Å². The number of carbonyl (C=O) groups excluding carboxylic acids is 1. The molecule has 4 nitrogen and oxygen atoms in total. The molecule has 0 unspecified atom stereocenters. The van der Waals surface area contributed by atoms with Gasteiger partial charge in [0.15, 0.2) is 0 Å². The van der Waals surface area contributed by atoms with E-state index in [0.717, 1.165) is 11.3 Å². The summed E-state index contributed by atoms with van der Waals surface area (Å²) in [4.78, 5) is 15.2. The molecule has 0 aliphatic rings. The van der Waals surface area contributed by atoms with Crippen molar-refractivity contribution < 1.29 is 4.79 Å². The molecular formula is C16H21N3O. The van der Waals surface area contributed by atoms with E-state index >= 15 is 0 Å². The van der Waals surface area contributed by atoms with Crippen molar-refractivity contribution in [3.63, 3.8) is 0 Å². The fourth-order valence-corrected chi connectivity index (χ4v) is 1.79. The van der Waals surface area contributed by atoms with Gasteiger partial charge in [0.2, 0.25) is 0 Å². The van der Waals surface area contributed by atoms with E-state index in [0.29, 0.717) is 5.70 Å². The Morgan fingerprint density at radius 2 is 1.75 bits per heavy atom. The number of hydrogen-bond acceptors (Lipinski definition) is 2. The van der Waals surface area contributed by atoms with E-state index in [2.05, 4.69) is 12.6 Å². The normalized spacial score (nSPS) is 10.6. The fraction of sp³-hybridized carbons (Fsp3) is 0.375. The van der Waals surface area contributed by atoms with Crippen LogP contribution in [0.15, 0.2) is 36.5 Å². The third kappa shape index (κ3) is 3.18. The van der Waals surface area contributed by atoms with Gasteiger partial charge in [-0.25, -0.2) is 4.79 Å². The predicted molar refractivity (Wildman–Crippen MR) is 81.5 cm³/mol. The molecule has 0 atom stereocenters. The number of carbonyl (C=O) groups is 1. The highest BCUT2D eigenvalue weighted by atomic mass is 16.2. The second-order valence-corrected chi connectivity index (χ2v) is 5.53. The summed E-state index contributed by atoms with van der Waals surface area (Å²) in [6.07, 6.45) is 0. The topological polar surface area (TPSA) is 47.3 Å². The first-order chi connectivity index (χ1) is 9.20. The third-order valence-electron chi connectivity index (χ3n) is 3.08. The van der Waals surface area contributed by atoms with Gasteiger partial charge in [0.1, 0.15) is 0 Å². The maximum absolute atomic E-state index is 12.2. The van der Waals surface area contributed by atoms with Crippen molar-refractivity contribution in [2.45, 2.75) is 26.2 Å². The van der Waals surface area contributed by atoms with Crippen LogP contribution in [-0.4, -0.2) is 25.0 Å². The van der Waals surface area contributed by atoms with E-state index in [1.165, 1.54) is 4.90 Å². The Balaban J connectivity index is 3.17. The second-order valence-electron chi connectivity index (χ2n) is 5.53. The van der Waals surface area contributed by atoms with Gasteiger partial charge in [0.25, 0.3) is 0 Å². The molecule has 0 spiro atoms. The molecular weight excluding hydrogens is 250 g/mol. The first-order valence-electron chi connectivity index (χ1n) is 6.39. The molecule has 1 aromatic carbocycles. The maximum Gasteiger partial charge on any atom is 0.328 e. The Morgan fingerprint density at radius 1 is 1.25 bits per heavy atom. The lowest BCUT2D eigenvalue weighted by Crippen LogP contribution is -2.37. The number of nitriles is 1. The summed E-state index contributed by atoms with van der Waals surface area (Å²) in [7, 11) is 3.40. The summed E-state index contributed by atoms with van der Waals surface area (Å²) < 4.78 is 0. The number of allylic oxidation sites excluding steroid dienone is 1. The molecule has 0 bridgehead atoms. The molecule has 1 aromatic rings. The van der Waals surface area contributed by atoms with Crippen LogP contribution in [0.5, 0.6) is 0 Å². The average molecular weight is 271 g/mol. The molecule has 0 saturated heterocycles. The van der Waals surface area contributed by atoms with Gasteiger partial charge in [-0.05, 0) is 38.5 Å². The third-order valence-corrected chi connectivity index (χ3v) is 3.08. The largest absolute Gasteiger partial charge is 0.330 e. The van der Waals surface area contributed by atoms with Crippen LogP contribution in [0.4, 0.5) is 10.5 Å². The van der Waals surface area contributed by atoms with Gasteiger partial charge >= 0.3 is 6.03 Å². The molecule has 0 aliphatic carbocycles. The lowest BCUT2D eigenvalue weighted by Gasteiger charge is -2.27. The first-order valence-corrected chi connectivity index (χ1v) is 6.39. The van der Waals surface area contributed by atoms with Crippen molar-refractivity contribution in [3.8, 4) is 6.07 Å². The summed E-state index contributed by atoms with van der Waals surface area (Å²) in [5, 5.41) is 9.14. The molecule has 2 amide bonds. The number of amides is 2. The van der Waals surface area contributed by atoms with Crippen LogP contribution in [0, 0.1) is 11.3 Å². The molecule has 0 saturated carbocycles. The van der Waals surface area contributed by atoms with Crippen molar-refractivity contribution in [3.05, 3.63) is 42.1 Å². The maximum atomic E-state index is 12.2. The van der Waals surface area contributed by atoms with Gasteiger partial charge in [-0.1, -0.05) is 18.7 Å². The second kappa shape index (κ2) is 5.79. The smallest absolute Gasteiger partial charge is 0.328 e. The van der Waals surface area contributed by atoms with Crippen molar-refractivity contribution >= 4 is 11.7 Å². The first kappa shape index (κ1) is 15.8. The van der Waals surface area contributed by atoms with Gasteiger partial charge in [-0.15, -0.1) is 0 Å². The fourth-order valence-electron chi connectivity index (χ4n) is 1.79. The molecule has 0 heterocycles. The summed E-state index contributed by atoms with van der Waals surface area (Å²) in [6, 6.07) is 9.54. The Labute approximate surface area is 120 Å². The predicted octanol–water partition coefficient (Wildman–Crippen LogP) is 3.51. The summed E-state index contributed by atoms with van der Waals surface area (Å²) in [5.41, 5.74) is 1.77. The molecule has 0 aliphatic heterocycles. The molecule has 4 heteroatoms. The minimum Gasteiger partial charge on any atom is -0.330 e. The lowest BCUT2D eigenvalue weighted by molar-refractivity contribution is 0.225. The molecule has 0 fully saturated rings. The zero-order chi connectivity index (χ0) is 15.5. The summed E-state index contributed by atoms with van der Waals surface area (Å²) >= 11 is 0. The number of nitrogens with zero attached hydrogens (tertiary/aromatic N) is 3. The van der Waals surface area contributed by atoms with E-state index < -0.39 is 5.41 Å². The van der Waals surface area contributed by atoms with Crippen LogP contribution in [0.1, 0.15) is 26.3 Å². The van der Waals surface area contributed by atoms with Crippen LogP contribution in [-0.2, 0) is 5.41 Å². The Kier molecular flexibility index (Phi) is 4.57. The Morgan fingerprint density at radius 3 is 2.10 bits per heavy atom. The number of hydrogen-bond donors (Lipinski definition) is 0. The Bertz CT molecular complexity index is 550. The van der Waals surface area contributed by atoms with Gasteiger partial charge in [0, 0.05) is 19.8 Å². The van der Waals surface area contributed by atoms with Crippen LogP contribution in [0.3, 0.4) is 0 Å². The van der Waals surface area contributed by atoms with Crippen LogP contribution in [0.25, 0.3) is 0 Å². The highest BCUT2D eigenvalue weighted by molar-refractivity contribution is 5.94. The van der Waals surface area contributed by atoms with Gasteiger partial charge in [0.05, 0.1) is 17.2 Å². The highest BCUT2D eigenvalue weighted by Crippen LogP contribution is 2.26. The van der Waals surface area contributed by atoms with Gasteiger partial charge in [-0.2, -0.15) is 5.26 Å². The van der Waals surface area contributed by atoms with Gasteiger partial charge in [-0.3, -0.25) is 4.90 Å². The highest BCUT2D eigenvalue weighted by Gasteiger charge is 2.22. The monoisotopic (exact) mass is 271 g/mol. The number of rotatable bonds is 3. The summed E-state index contributed by atoms with van der Waals surface area (Å²) in [6.45, 7) is 9.36. The molecule has 0 N–H and O–H groups in total. The standard InChI is InChI=1S/C16H21N3O/c1-12(2)19(15(20)18(5)6)14-9-7-13(8-10-14)16(3,4)11-17/h7-10H,1H2,2-6H3. The van der Waals surface area contributed by atoms with Crippen molar-refractivity contribution in [1.82, 2.24) is 4.90 Å². The molecule has 0 radical (unpaired) electrons. The van der Waals surface area contributed by atoms with Crippen LogP contribution in [0.2, 0.25) is 0 Å². The van der Waals surface area contributed by atoms with E-state index in [1.807, 2.05) is 38.1 Å². The van der Waals surface area contributed by atoms with Crippen LogP contribution < -0.4 is 4.90 Å². The van der Waals surface area contributed by atoms with E-state index in [1.54, 1.807) is 25.9 Å². The number of anilines is 1. The zero-order valence-corrected chi connectivity index (χ0v) is 12.8. The van der Waals surface area contributed by atoms with Crippen LogP contribution >= 0.6 is 0 Å². The zero-order valence-electron chi connectivity index (χ0n) is 12.8. The quantitative estimate of drug-likeness (QED) is 0.844.